The Morgan fingerprint density at radius 1 is 1.32 bits per heavy atom. The van der Waals surface area contributed by atoms with Gasteiger partial charge in [-0.25, -0.2) is 0 Å². The molecule has 1 aromatic rings. The zero-order chi connectivity index (χ0) is 15.9. The molecule has 0 fully saturated rings. The van der Waals surface area contributed by atoms with Crippen molar-refractivity contribution < 1.29 is 19.1 Å². The summed E-state index contributed by atoms with van der Waals surface area (Å²) in [5.74, 6) is 0.265. The highest BCUT2D eigenvalue weighted by Crippen LogP contribution is 2.21. The lowest BCUT2D eigenvalue weighted by molar-refractivity contribution is -0.153. The van der Waals surface area contributed by atoms with Crippen molar-refractivity contribution in [3.63, 3.8) is 0 Å². The molecular weight excluding hydrogens is 282 g/mol. The summed E-state index contributed by atoms with van der Waals surface area (Å²) in [7, 11) is 1.58. The molecule has 22 heavy (non-hydrogen) atoms. The molecule has 2 rings (SSSR count). The van der Waals surface area contributed by atoms with Crippen LogP contribution in [0.15, 0.2) is 36.4 Å². The number of benzene rings is 1. The Kier molecular flexibility index (Phi) is 5.58. The second-order valence-corrected chi connectivity index (χ2v) is 5.32. The topological polar surface area (TPSA) is 64.6 Å². The quantitative estimate of drug-likeness (QED) is 0.648. The monoisotopic (exact) mass is 303 g/mol. The van der Waals surface area contributed by atoms with E-state index in [4.69, 9.17) is 9.47 Å². The van der Waals surface area contributed by atoms with Crippen molar-refractivity contribution in [2.24, 2.45) is 5.92 Å². The first-order chi connectivity index (χ1) is 10.6. The number of esters is 1. The summed E-state index contributed by atoms with van der Waals surface area (Å²) in [5.41, 5.74) is 0.632. The molecule has 0 saturated heterocycles. The van der Waals surface area contributed by atoms with Crippen LogP contribution in [0.2, 0.25) is 0 Å². The number of amides is 1. The van der Waals surface area contributed by atoms with E-state index < -0.39 is 6.10 Å². The van der Waals surface area contributed by atoms with Gasteiger partial charge in [0.15, 0.2) is 6.10 Å². The number of methoxy groups -OCH3 is 1. The highest BCUT2D eigenvalue weighted by atomic mass is 16.5. The fraction of sp³-hybridized carbons (Fsp3) is 0.412. The molecule has 2 atom stereocenters. The van der Waals surface area contributed by atoms with Gasteiger partial charge in [-0.1, -0.05) is 12.2 Å². The van der Waals surface area contributed by atoms with Gasteiger partial charge in [0.2, 0.25) is 0 Å². The summed E-state index contributed by atoms with van der Waals surface area (Å²) in [6.07, 6.45) is 5.59. The molecular formula is C17H21NO4. The van der Waals surface area contributed by atoms with Gasteiger partial charge in [0, 0.05) is 5.69 Å². The van der Waals surface area contributed by atoms with Crippen LogP contribution >= 0.6 is 0 Å². The summed E-state index contributed by atoms with van der Waals surface area (Å²) in [6, 6.07) is 6.96. The van der Waals surface area contributed by atoms with Crippen molar-refractivity contribution in [3.8, 4) is 5.75 Å². The van der Waals surface area contributed by atoms with Gasteiger partial charge in [0.05, 0.1) is 13.5 Å². The maximum Gasteiger partial charge on any atom is 0.307 e. The molecule has 0 spiro atoms. The summed E-state index contributed by atoms with van der Waals surface area (Å²) < 4.78 is 10.2. The SMILES string of the molecule is COc1ccc(NC(=O)[C@H](C)OC(=O)C[C@@H]2C=CCC2)cc1. The average molecular weight is 303 g/mol. The van der Waals surface area contributed by atoms with E-state index in [-0.39, 0.29) is 17.8 Å². The summed E-state index contributed by atoms with van der Waals surface area (Å²) in [6.45, 7) is 1.57. The lowest BCUT2D eigenvalue weighted by atomic mass is 10.1. The summed E-state index contributed by atoms with van der Waals surface area (Å²) in [5, 5.41) is 2.71. The van der Waals surface area contributed by atoms with Crippen LogP contribution in [0.5, 0.6) is 5.75 Å². The minimum Gasteiger partial charge on any atom is -0.497 e. The second-order valence-electron chi connectivity index (χ2n) is 5.32. The number of hydrogen-bond acceptors (Lipinski definition) is 4. The zero-order valence-electron chi connectivity index (χ0n) is 12.9. The first-order valence-electron chi connectivity index (χ1n) is 7.39. The third kappa shape index (κ3) is 4.62. The zero-order valence-corrected chi connectivity index (χ0v) is 12.9. The molecule has 0 bridgehead atoms. The van der Waals surface area contributed by atoms with E-state index in [2.05, 4.69) is 11.4 Å². The first kappa shape index (κ1) is 16.1. The third-order valence-corrected chi connectivity index (χ3v) is 3.58. The molecule has 0 aliphatic heterocycles. The van der Waals surface area contributed by atoms with Crippen LogP contribution in [0.25, 0.3) is 0 Å². The van der Waals surface area contributed by atoms with E-state index in [1.807, 2.05) is 6.08 Å². The number of rotatable bonds is 6. The minimum absolute atomic E-state index is 0.240. The van der Waals surface area contributed by atoms with E-state index in [1.54, 1.807) is 38.3 Å². The van der Waals surface area contributed by atoms with Gasteiger partial charge in [0.1, 0.15) is 5.75 Å². The number of nitrogens with one attached hydrogen (secondary N) is 1. The second kappa shape index (κ2) is 7.64. The lowest BCUT2D eigenvalue weighted by Crippen LogP contribution is -2.30. The highest BCUT2D eigenvalue weighted by molar-refractivity contribution is 5.95. The number of hydrogen-bond donors (Lipinski definition) is 1. The Labute approximate surface area is 130 Å². The van der Waals surface area contributed by atoms with Gasteiger partial charge in [-0.2, -0.15) is 0 Å². The highest BCUT2D eigenvalue weighted by Gasteiger charge is 2.21. The number of carbonyl (C=O) groups is 2. The fourth-order valence-corrected chi connectivity index (χ4v) is 2.30. The Balaban J connectivity index is 1.80. The molecule has 0 saturated carbocycles. The van der Waals surface area contributed by atoms with Crippen LogP contribution in [0.3, 0.4) is 0 Å². The predicted octanol–water partition coefficient (Wildman–Crippen LogP) is 2.92. The smallest absolute Gasteiger partial charge is 0.307 e. The maximum atomic E-state index is 12.0. The van der Waals surface area contributed by atoms with Crippen molar-refractivity contribution in [1.82, 2.24) is 0 Å². The van der Waals surface area contributed by atoms with Crippen molar-refractivity contribution in [3.05, 3.63) is 36.4 Å². The van der Waals surface area contributed by atoms with Crippen LogP contribution in [-0.4, -0.2) is 25.1 Å². The van der Waals surface area contributed by atoms with Gasteiger partial charge in [-0.05, 0) is 49.9 Å². The van der Waals surface area contributed by atoms with Crippen LogP contribution in [0.1, 0.15) is 26.2 Å². The van der Waals surface area contributed by atoms with E-state index >= 15 is 0 Å². The Morgan fingerprint density at radius 3 is 2.64 bits per heavy atom. The van der Waals surface area contributed by atoms with Gasteiger partial charge < -0.3 is 14.8 Å². The maximum absolute atomic E-state index is 12.0. The lowest BCUT2D eigenvalue weighted by Gasteiger charge is -2.15. The summed E-state index contributed by atoms with van der Waals surface area (Å²) >= 11 is 0. The Morgan fingerprint density at radius 2 is 2.05 bits per heavy atom. The van der Waals surface area contributed by atoms with Crippen molar-refractivity contribution >= 4 is 17.6 Å². The van der Waals surface area contributed by atoms with Crippen LogP contribution in [0.4, 0.5) is 5.69 Å². The largest absolute Gasteiger partial charge is 0.497 e. The van der Waals surface area contributed by atoms with E-state index in [9.17, 15) is 9.59 Å². The van der Waals surface area contributed by atoms with Gasteiger partial charge in [-0.3, -0.25) is 9.59 Å². The van der Waals surface area contributed by atoms with Gasteiger partial charge in [0.25, 0.3) is 5.91 Å². The standard InChI is InChI=1S/C17H21NO4/c1-12(22-16(19)11-13-5-3-4-6-13)17(20)18-14-7-9-15(21-2)10-8-14/h3,5,7-10,12-13H,4,6,11H2,1-2H3,(H,18,20)/t12-,13+/m0/s1. The molecule has 118 valence electrons. The van der Waals surface area contributed by atoms with E-state index in [0.717, 1.165) is 12.8 Å². The normalized spacial score (nSPS) is 17.8. The van der Waals surface area contributed by atoms with Crippen LogP contribution < -0.4 is 10.1 Å². The molecule has 0 aromatic heterocycles. The summed E-state index contributed by atoms with van der Waals surface area (Å²) in [4.78, 5) is 23.8. The third-order valence-electron chi connectivity index (χ3n) is 3.58. The minimum atomic E-state index is -0.819. The van der Waals surface area contributed by atoms with Crippen molar-refractivity contribution in [1.29, 1.82) is 0 Å². The Hall–Kier alpha value is -2.30. The molecule has 5 nitrogen and oxygen atoms in total. The van der Waals surface area contributed by atoms with Crippen molar-refractivity contribution in [2.75, 3.05) is 12.4 Å². The molecule has 1 amide bonds. The van der Waals surface area contributed by atoms with E-state index in [1.165, 1.54) is 0 Å². The molecule has 1 aromatic carbocycles. The van der Waals surface area contributed by atoms with Gasteiger partial charge in [-0.15, -0.1) is 0 Å². The molecule has 0 heterocycles. The number of carbonyl (C=O) groups excluding carboxylic acids is 2. The van der Waals surface area contributed by atoms with E-state index in [0.29, 0.717) is 17.9 Å². The average Bonchev–Trinajstić information content (AvgIpc) is 3.00. The molecule has 0 unspecified atom stereocenters. The Bertz CT molecular complexity index is 550. The number of ether oxygens (including phenoxy) is 2. The molecule has 5 heteroatoms. The molecule has 0 radical (unpaired) electrons. The van der Waals surface area contributed by atoms with Crippen LogP contribution in [0, 0.1) is 5.92 Å². The van der Waals surface area contributed by atoms with Crippen LogP contribution in [-0.2, 0) is 14.3 Å². The molecule has 1 aliphatic rings. The van der Waals surface area contributed by atoms with Gasteiger partial charge >= 0.3 is 5.97 Å². The first-order valence-corrected chi connectivity index (χ1v) is 7.39. The number of allylic oxidation sites excluding steroid dienone is 2. The molecule has 1 aliphatic carbocycles. The number of anilines is 1. The predicted molar refractivity (Wildman–Crippen MR) is 83.7 cm³/mol. The molecule has 1 N–H and O–H groups in total. The fourth-order valence-electron chi connectivity index (χ4n) is 2.30. The van der Waals surface area contributed by atoms with Crippen molar-refractivity contribution in [2.45, 2.75) is 32.3 Å².